The summed E-state index contributed by atoms with van der Waals surface area (Å²) in [6, 6.07) is 10.3. The molecule has 0 radical (unpaired) electrons. The molecule has 1 N–H and O–H groups in total. The molecule has 0 saturated carbocycles. The van der Waals surface area contributed by atoms with Gasteiger partial charge in [-0.2, -0.15) is 5.10 Å². The van der Waals surface area contributed by atoms with Crippen LogP contribution in [0.4, 0.5) is 0 Å². The third-order valence-electron chi connectivity index (χ3n) is 5.67. The average Bonchev–Trinajstić information content (AvgIpc) is 3.26. The monoisotopic (exact) mass is 380 g/mol. The molecule has 2 aromatic rings. The van der Waals surface area contributed by atoms with Crippen molar-refractivity contribution in [1.82, 2.24) is 24.9 Å². The Morgan fingerprint density at radius 3 is 2.82 bits per heavy atom. The smallest absolute Gasteiger partial charge is 0.223 e. The van der Waals surface area contributed by atoms with E-state index in [1.807, 2.05) is 41.0 Å². The van der Waals surface area contributed by atoms with Crippen molar-refractivity contribution in [1.29, 1.82) is 0 Å². The van der Waals surface area contributed by atoms with Crippen molar-refractivity contribution in [2.75, 3.05) is 33.7 Å². The van der Waals surface area contributed by atoms with E-state index in [0.717, 1.165) is 44.1 Å². The summed E-state index contributed by atoms with van der Waals surface area (Å²) in [5.74, 6) is 1.32. The number of nitrogens with zero attached hydrogens (tertiary/aromatic N) is 5. The van der Waals surface area contributed by atoms with Crippen molar-refractivity contribution >= 4 is 11.9 Å². The van der Waals surface area contributed by atoms with Gasteiger partial charge in [0.05, 0.1) is 18.8 Å². The van der Waals surface area contributed by atoms with Gasteiger partial charge in [-0.15, -0.1) is 0 Å². The molecular weight excluding hydrogens is 352 g/mol. The number of hydrogen-bond acceptors (Lipinski definition) is 5. The van der Waals surface area contributed by atoms with Crippen molar-refractivity contribution in [3.8, 4) is 0 Å². The number of aliphatic imine (C=N–C) groups is 1. The fourth-order valence-corrected chi connectivity index (χ4v) is 4.15. The normalized spacial score (nSPS) is 22.5. The number of nitrogens with one attached hydrogen (secondary N) is 1. The Bertz CT molecular complexity index is 846. The lowest BCUT2D eigenvalue weighted by Gasteiger charge is -2.28. The van der Waals surface area contributed by atoms with E-state index >= 15 is 0 Å². The average molecular weight is 380 g/mol. The van der Waals surface area contributed by atoms with Gasteiger partial charge in [0.1, 0.15) is 0 Å². The van der Waals surface area contributed by atoms with Gasteiger partial charge in [-0.1, -0.05) is 30.3 Å². The van der Waals surface area contributed by atoms with E-state index in [1.165, 1.54) is 5.56 Å². The molecule has 1 aromatic heterocycles. The van der Waals surface area contributed by atoms with Gasteiger partial charge in [0, 0.05) is 57.8 Å². The van der Waals surface area contributed by atoms with E-state index in [4.69, 9.17) is 0 Å². The van der Waals surface area contributed by atoms with Crippen LogP contribution in [0.15, 0.2) is 47.7 Å². The van der Waals surface area contributed by atoms with Crippen molar-refractivity contribution in [3.05, 3.63) is 53.9 Å². The lowest BCUT2D eigenvalue weighted by atomic mass is 9.96. The van der Waals surface area contributed by atoms with E-state index in [-0.39, 0.29) is 17.9 Å². The maximum absolute atomic E-state index is 12.4. The predicted molar refractivity (Wildman–Crippen MR) is 109 cm³/mol. The van der Waals surface area contributed by atoms with Gasteiger partial charge in [-0.05, 0) is 12.0 Å². The third-order valence-corrected chi connectivity index (χ3v) is 5.67. The molecule has 4 rings (SSSR count). The highest BCUT2D eigenvalue weighted by Crippen LogP contribution is 2.36. The molecular formula is C21H28N6O. The van der Waals surface area contributed by atoms with E-state index in [9.17, 15) is 4.79 Å². The molecule has 0 aliphatic carbocycles. The summed E-state index contributed by atoms with van der Waals surface area (Å²) in [5.41, 5.74) is 2.31. The van der Waals surface area contributed by atoms with Crippen LogP contribution in [0.5, 0.6) is 0 Å². The molecule has 1 saturated heterocycles. The van der Waals surface area contributed by atoms with Crippen LogP contribution in [-0.4, -0.2) is 65.2 Å². The summed E-state index contributed by atoms with van der Waals surface area (Å²) in [5, 5.41) is 8.01. The first kappa shape index (κ1) is 18.5. The van der Waals surface area contributed by atoms with Crippen molar-refractivity contribution < 1.29 is 4.79 Å². The second-order valence-electron chi connectivity index (χ2n) is 7.73. The Morgan fingerprint density at radius 1 is 1.21 bits per heavy atom. The zero-order chi connectivity index (χ0) is 19.5. The predicted octanol–water partition coefficient (Wildman–Crippen LogP) is 1.73. The second kappa shape index (κ2) is 8.04. The van der Waals surface area contributed by atoms with Crippen molar-refractivity contribution in [2.45, 2.75) is 25.4 Å². The lowest BCUT2D eigenvalue weighted by molar-refractivity contribution is -0.127. The Labute approximate surface area is 166 Å². The molecule has 148 valence electrons. The minimum absolute atomic E-state index is 0.0408. The molecule has 2 aliphatic rings. The summed E-state index contributed by atoms with van der Waals surface area (Å²) in [7, 11) is 3.95. The maximum atomic E-state index is 12.4. The molecule has 7 heteroatoms. The molecule has 0 unspecified atom stereocenters. The highest BCUT2D eigenvalue weighted by Gasteiger charge is 2.39. The fraction of sp³-hybridized carbons (Fsp3) is 0.476. The van der Waals surface area contributed by atoms with Crippen LogP contribution in [0.1, 0.15) is 30.0 Å². The van der Waals surface area contributed by atoms with Gasteiger partial charge < -0.3 is 15.1 Å². The Kier molecular flexibility index (Phi) is 5.32. The minimum Gasteiger partial charge on any atom is -0.356 e. The van der Waals surface area contributed by atoms with Crippen LogP contribution in [0.3, 0.4) is 0 Å². The van der Waals surface area contributed by atoms with Crippen LogP contribution in [-0.2, 0) is 11.3 Å². The molecule has 2 aliphatic heterocycles. The number of benzene rings is 1. The van der Waals surface area contributed by atoms with Crippen molar-refractivity contribution in [3.63, 3.8) is 0 Å². The van der Waals surface area contributed by atoms with Gasteiger partial charge in [-0.3, -0.25) is 14.5 Å². The summed E-state index contributed by atoms with van der Waals surface area (Å²) in [6.45, 7) is 3.35. The van der Waals surface area contributed by atoms with Gasteiger partial charge in [0.25, 0.3) is 0 Å². The molecule has 7 nitrogen and oxygen atoms in total. The number of carbonyl (C=O) groups is 1. The molecule has 1 aromatic carbocycles. The van der Waals surface area contributed by atoms with E-state index in [2.05, 4.69) is 45.7 Å². The number of aromatic nitrogens is 2. The van der Waals surface area contributed by atoms with E-state index < -0.39 is 0 Å². The first-order valence-electron chi connectivity index (χ1n) is 9.93. The molecule has 0 spiro atoms. The zero-order valence-electron chi connectivity index (χ0n) is 16.6. The summed E-state index contributed by atoms with van der Waals surface area (Å²) < 4.78 is 1.95. The van der Waals surface area contributed by atoms with Crippen LogP contribution in [0, 0.1) is 5.92 Å². The van der Waals surface area contributed by atoms with Gasteiger partial charge in [0.15, 0.2) is 5.96 Å². The number of guanidine groups is 1. The maximum Gasteiger partial charge on any atom is 0.223 e. The summed E-state index contributed by atoms with van der Waals surface area (Å²) in [4.78, 5) is 21.0. The van der Waals surface area contributed by atoms with E-state index in [1.54, 1.807) is 0 Å². The molecule has 1 fully saturated rings. The summed E-state index contributed by atoms with van der Waals surface area (Å²) in [6.07, 6.45) is 5.62. The fourth-order valence-electron chi connectivity index (χ4n) is 4.15. The SMILES string of the molecule is CN1CCCN=C1NC[C@@H]1CC(=O)N(C)[C@H]1c1cnn(Cc2ccccc2)c1. The van der Waals surface area contributed by atoms with Crippen LogP contribution in [0.25, 0.3) is 0 Å². The number of amides is 1. The van der Waals surface area contributed by atoms with E-state index in [0.29, 0.717) is 6.42 Å². The second-order valence-corrected chi connectivity index (χ2v) is 7.73. The Morgan fingerprint density at radius 2 is 2.04 bits per heavy atom. The van der Waals surface area contributed by atoms with Gasteiger partial charge in [0.2, 0.25) is 5.91 Å². The molecule has 2 atom stereocenters. The van der Waals surface area contributed by atoms with Crippen LogP contribution >= 0.6 is 0 Å². The number of rotatable bonds is 5. The van der Waals surface area contributed by atoms with Crippen LogP contribution in [0.2, 0.25) is 0 Å². The standard InChI is InChI=1S/C21H28N6O/c1-25-10-6-9-22-21(25)23-12-17-11-19(28)26(2)20(17)18-13-24-27(15-18)14-16-7-4-3-5-8-16/h3-5,7-8,13,15,17,20H,6,9-12,14H2,1-2H3,(H,22,23)/t17-,20+/m0/s1. The Hall–Kier alpha value is -2.83. The number of hydrogen-bond donors (Lipinski definition) is 1. The Balaban J connectivity index is 1.46. The van der Waals surface area contributed by atoms with Crippen LogP contribution < -0.4 is 5.32 Å². The minimum atomic E-state index is 0.0408. The van der Waals surface area contributed by atoms with Gasteiger partial charge >= 0.3 is 0 Å². The lowest BCUT2D eigenvalue weighted by Crippen LogP contribution is -2.44. The largest absolute Gasteiger partial charge is 0.356 e. The highest BCUT2D eigenvalue weighted by atomic mass is 16.2. The highest BCUT2D eigenvalue weighted by molar-refractivity contribution is 5.81. The topological polar surface area (TPSA) is 65.8 Å². The number of likely N-dealkylation sites (tertiary alicyclic amines) is 1. The molecule has 28 heavy (non-hydrogen) atoms. The van der Waals surface area contributed by atoms with Crippen molar-refractivity contribution in [2.24, 2.45) is 10.9 Å². The summed E-state index contributed by atoms with van der Waals surface area (Å²) >= 11 is 0. The molecule has 3 heterocycles. The quantitative estimate of drug-likeness (QED) is 0.858. The first-order valence-corrected chi connectivity index (χ1v) is 9.93. The number of carbonyl (C=O) groups excluding carboxylic acids is 1. The first-order chi connectivity index (χ1) is 13.6. The molecule has 1 amide bonds. The van der Waals surface area contributed by atoms with Gasteiger partial charge in [-0.25, -0.2) is 0 Å². The zero-order valence-corrected chi connectivity index (χ0v) is 16.6. The third kappa shape index (κ3) is 3.88. The molecule has 0 bridgehead atoms.